The Morgan fingerprint density at radius 3 is 1.60 bits per heavy atom. The van der Waals surface area contributed by atoms with Crippen LogP contribution in [0.5, 0.6) is 0 Å². The minimum atomic E-state index is -2.60. The van der Waals surface area contributed by atoms with Crippen LogP contribution in [0.2, 0.25) is 0 Å². The zero-order valence-electron chi connectivity index (χ0n) is 5.95. The lowest BCUT2D eigenvalue weighted by atomic mass is 10.9. The summed E-state index contributed by atoms with van der Waals surface area (Å²) in [6.07, 6.45) is 0. The average molecular weight is 174 g/mol. The monoisotopic (exact) mass is 174 g/mol. The molecular formula is C2H15N4O3P. The van der Waals surface area contributed by atoms with Crippen molar-refractivity contribution in [2.75, 3.05) is 6.61 Å². The molecule has 8 heteroatoms. The molecule has 0 heterocycles. The van der Waals surface area contributed by atoms with E-state index in [0.717, 1.165) is 0 Å². The van der Waals surface area contributed by atoms with Crippen molar-refractivity contribution in [2.24, 2.45) is 11.7 Å². The summed E-state index contributed by atoms with van der Waals surface area (Å²) in [6, 6.07) is 0. The second-order valence-electron chi connectivity index (χ2n) is 0.641. The molecule has 10 N–H and O–H groups in total. The molecule has 0 saturated carbocycles. The maximum atomic E-state index is 9.41. The van der Waals surface area contributed by atoms with E-state index in [9.17, 15) is 9.79 Å². The van der Waals surface area contributed by atoms with Gasteiger partial charge in [-0.05, 0) is 6.92 Å². The molecule has 0 aliphatic carbocycles. The van der Waals surface area contributed by atoms with Crippen LogP contribution in [0.15, 0.2) is 0 Å². The number of hydrogen-bond acceptors (Lipinski definition) is 5. The predicted octanol–water partition coefficient (Wildman–Crippen LogP) is -4.83. The van der Waals surface area contributed by atoms with Gasteiger partial charge in [0, 0.05) is 6.61 Å². The third-order valence-corrected chi connectivity index (χ3v) is 0.704. The highest BCUT2D eigenvalue weighted by Crippen LogP contribution is 2.10. The molecule has 0 rings (SSSR count). The number of nitrogens with two attached hydrogens (primary N) is 2. The SMILES string of the molecule is CCOP([O-])[O-].N[NH3+].N[NH3+]. The van der Waals surface area contributed by atoms with Gasteiger partial charge in [-0.3, -0.25) is 11.7 Å². The van der Waals surface area contributed by atoms with Gasteiger partial charge in [0.1, 0.15) is 0 Å². The lowest BCUT2D eigenvalue weighted by Gasteiger charge is -2.27. The normalized spacial score (nSPS) is 7.20. The molecule has 0 aromatic carbocycles. The molecule has 0 bridgehead atoms. The highest BCUT2D eigenvalue weighted by Gasteiger charge is 1.64. The molecule has 0 aliphatic rings. The highest BCUT2D eigenvalue weighted by atomic mass is 31.2. The van der Waals surface area contributed by atoms with Crippen molar-refractivity contribution < 1.29 is 26.0 Å². The Balaban J connectivity index is -0.000000105. The maximum Gasteiger partial charge on any atom is 0.0447 e. The van der Waals surface area contributed by atoms with Gasteiger partial charge in [0.15, 0.2) is 0 Å². The van der Waals surface area contributed by atoms with Crippen LogP contribution in [0, 0.1) is 0 Å². The summed E-state index contributed by atoms with van der Waals surface area (Å²) < 4.78 is 4.00. The first-order valence-corrected chi connectivity index (χ1v) is 3.46. The molecular weight excluding hydrogens is 159 g/mol. The molecule has 66 valence electrons. The number of hydrogen-bond donors (Lipinski definition) is 4. The first-order valence-electron chi connectivity index (χ1n) is 2.36. The van der Waals surface area contributed by atoms with Crippen molar-refractivity contribution >= 4 is 8.60 Å². The van der Waals surface area contributed by atoms with Crippen molar-refractivity contribution in [1.29, 1.82) is 0 Å². The van der Waals surface area contributed by atoms with Gasteiger partial charge in [-0.15, -0.1) is 0 Å². The topological polar surface area (TPSA) is 163 Å². The third kappa shape index (κ3) is 42.0. The van der Waals surface area contributed by atoms with Crippen LogP contribution in [-0.4, -0.2) is 6.61 Å². The molecule has 0 radical (unpaired) electrons. The van der Waals surface area contributed by atoms with E-state index in [0.29, 0.717) is 0 Å². The molecule has 0 aliphatic heterocycles. The zero-order chi connectivity index (χ0) is 8.99. The van der Waals surface area contributed by atoms with Gasteiger partial charge in [0.2, 0.25) is 0 Å². The standard InChI is InChI=1S/C2H5O3P.2H4N2/c1-2-5-6(3)4;2*1-2/h2H2,1H3;2*1-2H2/q-2;;/p+2. The minimum absolute atomic E-state index is 0.235. The maximum absolute atomic E-state index is 9.41. The predicted molar refractivity (Wildman–Crippen MR) is 32.7 cm³/mol. The number of rotatable bonds is 2. The number of quaternary nitrogens is 2. The molecule has 0 amide bonds. The van der Waals surface area contributed by atoms with Crippen LogP contribution in [0.25, 0.3) is 0 Å². The Bertz CT molecular complexity index is 39.7. The van der Waals surface area contributed by atoms with Crippen LogP contribution in [-0.2, 0) is 4.52 Å². The van der Waals surface area contributed by atoms with Crippen LogP contribution >= 0.6 is 8.60 Å². The van der Waals surface area contributed by atoms with Crippen molar-refractivity contribution in [3.8, 4) is 0 Å². The van der Waals surface area contributed by atoms with E-state index >= 15 is 0 Å². The second-order valence-corrected chi connectivity index (χ2v) is 1.35. The minimum Gasteiger partial charge on any atom is -0.820 e. The van der Waals surface area contributed by atoms with Crippen LogP contribution in [0.3, 0.4) is 0 Å². The Morgan fingerprint density at radius 2 is 1.60 bits per heavy atom. The molecule has 0 fully saturated rings. The fraction of sp³-hybridized carbons (Fsp3) is 1.00. The van der Waals surface area contributed by atoms with Crippen molar-refractivity contribution in [3.05, 3.63) is 0 Å². The van der Waals surface area contributed by atoms with Gasteiger partial charge in [-0.25, -0.2) is 0 Å². The van der Waals surface area contributed by atoms with Crippen molar-refractivity contribution in [3.63, 3.8) is 0 Å². The van der Waals surface area contributed by atoms with Crippen LogP contribution < -0.4 is 33.2 Å². The summed E-state index contributed by atoms with van der Waals surface area (Å²) in [5.74, 6) is 14.0. The molecule has 7 nitrogen and oxygen atoms in total. The van der Waals surface area contributed by atoms with Gasteiger partial charge in [-0.2, -0.15) is 20.3 Å². The summed E-state index contributed by atoms with van der Waals surface area (Å²) in [5, 5.41) is 0. The summed E-state index contributed by atoms with van der Waals surface area (Å²) in [6.45, 7) is 1.85. The lowest BCUT2D eigenvalue weighted by molar-refractivity contribution is -0.379. The van der Waals surface area contributed by atoms with E-state index in [1.165, 1.54) is 0 Å². The molecule has 0 unspecified atom stereocenters. The zero-order valence-corrected chi connectivity index (χ0v) is 6.84. The molecule has 0 aromatic heterocycles. The Hall–Kier alpha value is 0.150. The Labute approximate surface area is 60.9 Å². The Kier molecular flexibility index (Phi) is 38.1. The van der Waals surface area contributed by atoms with Gasteiger partial charge in [-0.1, -0.05) is 0 Å². The van der Waals surface area contributed by atoms with Crippen molar-refractivity contribution in [1.82, 2.24) is 0 Å². The lowest BCUT2D eigenvalue weighted by Crippen LogP contribution is -2.59. The largest absolute Gasteiger partial charge is 0.820 e. The molecule has 0 atom stereocenters. The van der Waals surface area contributed by atoms with E-state index in [2.05, 4.69) is 27.9 Å². The summed E-state index contributed by atoms with van der Waals surface area (Å²) >= 11 is 0. The van der Waals surface area contributed by atoms with Crippen molar-refractivity contribution in [2.45, 2.75) is 6.92 Å². The fourth-order valence-corrected chi connectivity index (χ4v) is 0.316. The average Bonchev–Trinajstić information content (AvgIpc) is 1.96. The van der Waals surface area contributed by atoms with Gasteiger partial charge in [0.05, 0.1) is 0 Å². The smallest absolute Gasteiger partial charge is 0.0447 e. The summed E-state index contributed by atoms with van der Waals surface area (Å²) in [5.41, 5.74) is 0. The second kappa shape index (κ2) is 22.9. The van der Waals surface area contributed by atoms with E-state index in [1.807, 2.05) is 0 Å². The quantitative estimate of drug-likeness (QED) is 0.187. The first-order chi connectivity index (χ1) is 4.77. The van der Waals surface area contributed by atoms with Gasteiger partial charge in [0.25, 0.3) is 0 Å². The highest BCUT2D eigenvalue weighted by molar-refractivity contribution is 7.36. The molecule has 0 spiro atoms. The van der Waals surface area contributed by atoms with Crippen LogP contribution in [0.4, 0.5) is 0 Å². The molecule has 10 heavy (non-hydrogen) atoms. The van der Waals surface area contributed by atoms with E-state index < -0.39 is 8.60 Å². The fourth-order valence-electron chi connectivity index (χ4n) is 0.105. The molecule has 0 saturated heterocycles. The first kappa shape index (κ1) is 16.6. The van der Waals surface area contributed by atoms with Crippen LogP contribution in [0.1, 0.15) is 6.92 Å². The van der Waals surface area contributed by atoms with E-state index in [-0.39, 0.29) is 6.61 Å². The van der Waals surface area contributed by atoms with E-state index in [1.54, 1.807) is 6.92 Å². The summed E-state index contributed by atoms with van der Waals surface area (Å²) in [4.78, 5) is 18.8. The van der Waals surface area contributed by atoms with E-state index in [4.69, 9.17) is 0 Å². The Morgan fingerprint density at radius 1 is 1.30 bits per heavy atom. The summed E-state index contributed by atoms with van der Waals surface area (Å²) in [7, 11) is -2.60. The molecule has 0 aromatic rings. The third-order valence-electron chi connectivity index (χ3n) is 0.235. The van der Waals surface area contributed by atoms with Gasteiger partial charge < -0.3 is 14.3 Å². The van der Waals surface area contributed by atoms with Gasteiger partial charge >= 0.3 is 0 Å².